The van der Waals surface area contributed by atoms with E-state index < -0.39 is 5.91 Å². The molecule has 1 aliphatic rings. The molecule has 1 heterocycles. The summed E-state index contributed by atoms with van der Waals surface area (Å²) >= 11 is 4.85. The lowest BCUT2D eigenvalue weighted by atomic mass is 10.4. The summed E-state index contributed by atoms with van der Waals surface area (Å²) in [6.45, 7) is 0. The van der Waals surface area contributed by atoms with Crippen LogP contribution >= 0.6 is 12.2 Å². The van der Waals surface area contributed by atoms with Gasteiger partial charge in [0.15, 0.2) is 5.11 Å². The maximum Gasteiger partial charge on any atom is 0.250 e. The SMILES string of the molecule is O=C(/C=C/c1ccco1)NC(=S)NNC(=O)C1CC1. The maximum atomic E-state index is 11.5. The molecule has 0 aromatic carbocycles. The molecule has 1 fully saturated rings. The van der Waals surface area contributed by atoms with Crippen LogP contribution in [0.3, 0.4) is 0 Å². The minimum Gasteiger partial charge on any atom is -0.465 e. The number of furan rings is 1. The highest BCUT2D eigenvalue weighted by molar-refractivity contribution is 7.80. The van der Waals surface area contributed by atoms with E-state index in [4.69, 9.17) is 16.6 Å². The largest absolute Gasteiger partial charge is 0.465 e. The first-order valence-corrected chi connectivity index (χ1v) is 6.18. The molecule has 2 rings (SSSR count). The Morgan fingerprint density at radius 1 is 1.37 bits per heavy atom. The number of hydrogen-bond acceptors (Lipinski definition) is 4. The van der Waals surface area contributed by atoms with E-state index >= 15 is 0 Å². The summed E-state index contributed by atoms with van der Waals surface area (Å²) in [7, 11) is 0. The number of amides is 2. The molecule has 100 valence electrons. The third kappa shape index (κ3) is 4.55. The molecule has 0 aliphatic heterocycles. The molecule has 0 radical (unpaired) electrons. The first-order valence-electron chi connectivity index (χ1n) is 5.77. The van der Waals surface area contributed by atoms with Crippen molar-refractivity contribution in [3.63, 3.8) is 0 Å². The van der Waals surface area contributed by atoms with Gasteiger partial charge >= 0.3 is 0 Å². The van der Waals surface area contributed by atoms with Gasteiger partial charge in [-0.3, -0.25) is 25.8 Å². The standard InChI is InChI=1S/C12H13N3O3S/c16-10(6-5-9-2-1-7-18-9)13-12(19)15-14-11(17)8-3-4-8/h1-2,5-8H,3-4H2,(H,14,17)(H2,13,15,16,19)/b6-5+. The fraction of sp³-hybridized carbons (Fsp3) is 0.250. The molecule has 0 unspecified atom stereocenters. The van der Waals surface area contributed by atoms with Crippen LogP contribution in [0.1, 0.15) is 18.6 Å². The summed E-state index contributed by atoms with van der Waals surface area (Å²) in [4.78, 5) is 22.8. The Morgan fingerprint density at radius 2 is 2.16 bits per heavy atom. The monoisotopic (exact) mass is 279 g/mol. The highest BCUT2D eigenvalue weighted by atomic mass is 32.1. The van der Waals surface area contributed by atoms with Gasteiger partial charge in [-0.15, -0.1) is 0 Å². The summed E-state index contributed by atoms with van der Waals surface area (Å²) < 4.78 is 5.03. The van der Waals surface area contributed by atoms with E-state index in [1.165, 1.54) is 18.4 Å². The lowest BCUT2D eigenvalue weighted by molar-refractivity contribution is -0.123. The fourth-order valence-electron chi connectivity index (χ4n) is 1.29. The highest BCUT2D eigenvalue weighted by Crippen LogP contribution is 2.28. The van der Waals surface area contributed by atoms with Crippen molar-refractivity contribution in [1.29, 1.82) is 0 Å². The van der Waals surface area contributed by atoms with Crippen LogP contribution in [0.15, 0.2) is 28.9 Å². The average Bonchev–Trinajstić information content (AvgIpc) is 3.11. The molecule has 6 nitrogen and oxygen atoms in total. The Morgan fingerprint density at radius 3 is 2.79 bits per heavy atom. The minimum atomic E-state index is -0.408. The third-order valence-electron chi connectivity index (χ3n) is 2.43. The zero-order chi connectivity index (χ0) is 13.7. The first-order chi connectivity index (χ1) is 9.15. The molecule has 2 amide bonds. The van der Waals surface area contributed by atoms with E-state index in [2.05, 4.69) is 16.2 Å². The molecule has 1 aliphatic carbocycles. The summed E-state index contributed by atoms with van der Waals surface area (Å²) in [5, 5.41) is 2.44. The highest BCUT2D eigenvalue weighted by Gasteiger charge is 2.29. The number of carbonyl (C=O) groups is 2. The molecule has 1 aromatic rings. The van der Waals surface area contributed by atoms with Gasteiger partial charge in [-0.05, 0) is 43.3 Å². The molecule has 7 heteroatoms. The van der Waals surface area contributed by atoms with Crippen molar-refractivity contribution >= 4 is 35.2 Å². The van der Waals surface area contributed by atoms with Gasteiger partial charge in [0.05, 0.1) is 6.26 Å². The lowest BCUT2D eigenvalue weighted by Gasteiger charge is -2.08. The molecule has 0 spiro atoms. The van der Waals surface area contributed by atoms with Crippen molar-refractivity contribution in [2.45, 2.75) is 12.8 Å². The topological polar surface area (TPSA) is 83.4 Å². The average molecular weight is 279 g/mol. The number of hydrogen-bond donors (Lipinski definition) is 3. The van der Waals surface area contributed by atoms with E-state index in [1.54, 1.807) is 12.1 Å². The van der Waals surface area contributed by atoms with Crippen LogP contribution < -0.4 is 16.2 Å². The minimum absolute atomic E-state index is 0.0445. The van der Waals surface area contributed by atoms with Gasteiger partial charge in [-0.25, -0.2) is 0 Å². The molecular weight excluding hydrogens is 266 g/mol. The lowest BCUT2D eigenvalue weighted by Crippen LogP contribution is -2.48. The van der Waals surface area contributed by atoms with Crippen molar-refractivity contribution in [1.82, 2.24) is 16.2 Å². The third-order valence-corrected chi connectivity index (χ3v) is 2.63. The summed E-state index contributed by atoms with van der Waals surface area (Å²) in [6.07, 6.45) is 6.12. The van der Waals surface area contributed by atoms with Crippen molar-refractivity contribution < 1.29 is 14.0 Å². The molecular formula is C12H13N3O3S. The fourth-order valence-corrected chi connectivity index (χ4v) is 1.45. The Balaban J connectivity index is 1.69. The number of thiocarbonyl (C=S) groups is 1. The van der Waals surface area contributed by atoms with E-state index in [9.17, 15) is 9.59 Å². The van der Waals surface area contributed by atoms with E-state index in [1.807, 2.05) is 0 Å². The maximum absolute atomic E-state index is 11.5. The van der Waals surface area contributed by atoms with Crippen LogP contribution in [-0.2, 0) is 9.59 Å². The number of rotatable bonds is 3. The van der Waals surface area contributed by atoms with Gasteiger partial charge in [-0.1, -0.05) is 0 Å². The van der Waals surface area contributed by atoms with Crippen LogP contribution in [0.25, 0.3) is 6.08 Å². The van der Waals surface area contributed by atoms with Crippen molar-refractivity contribution in [2.24, 2.45) is 5.92 Å². The Hall–Kier alpha value is -2.15. The summed E-state index contributed by atoms with van der Waals surface area (Å²) in [5.41, 5.74) is 4.90. The van der Waals surface area contributed by atoms with Crippen LogP contribution in [-0.4, -0.2) is 16.9 Å². The first kappa shape index (κ1) is 13.3. The Bertz CT molecular complexity index is 506. The number of hydrazine groups is 1. The molecule has 1 saturated carbocycles. The van der Waals surface area contributed by atoms with Crippen molar-refractivity contribution in [3.8, 4) is 0 Å². The van der Waals surface area contributed by atoms with Crippen LogP contribution in [0.2, 0.25) is 0 Å². The van der Waals surface area contributed by atoms with Gasteiger partial charge in [0, 0.05) is 12.0 Å². The number of carbonyl (C=O) groups excluding carboxylic acids is 2. The van der Waals surface area contributed by atoms with E-state index in [0.29, 0.717) is 5.76 Å². The zero-order valence-electron chi connectivity index (χ0n) is 10.0. The van der Waals surface area contributed by atoms with Crippen LogP contribution in [0.5, 0.6) is 0 Å². The quantitative estimate of drug-likeness (QED) is 0.431. The normalized spacial score (nSPS) is 14.1. The van der Waals surface area contributed by atoms with Crippen molar-refractivity contribution in [3.05, 3.63) is 30.2 Å². The van der Waals surface area contributed by atoms with Gasteiger partial charge in [-0.2, -0.15) is 0 Å². The predicted octanol–water partition coefficient (Wildman–Crippen LogP) is 0.725. The Kier molecular flexibility index (Phi) is 4.30. The van der Waals surface area contributed by atoms with Gasteiger partial charge in [0.25, 0.3) is 0 Å². The van der Waals surface area contributed by atoms with Crippen LogP contribution in [0.4, 0.5) is 0 Å². The molecule has 1 aromatic heterocycles. The second-order valence-corrected chi connectivity index (χ2v) is 4.46. The second kappa shape index (κ2) is 6.14. The van der Waals surface area contributed by atoms with Crippen molar-refractivity contribution in [2.75, 3.05) is 0 Å². The van der Waals surface area contributed by atoms with Gasteiger partial charge < -0.3 is 4.42 Å². The number of nitrogens with one attached hydrogen (secondary N) is 3. The molecule has 3 N–H and O–H groups in total. The van der Waals surface area contributed by atoms with E-state index in [-0.39, 0.29) is 16.9 Å². The van der Waals surface area contributed by atoms with Gasteiger partial charge in [0.2, 0.25) is 11.8 Å². The predicted molar refractivity (Wildman–Crippen MR) is 72.5 cm³/mol. The summed E-state index contributed by atoms with van der Waals surface area (Å²) in [5.74, 6) is 0.123. The molecule has 0 bridgehead atoms. The molecule has 19 heavy (non-hydrogen) atoms. The second-order valence-electron chi connectivity index (χ2n) is 4.06. The molecule has 0 atom stereocenters. The zero-order valence-corrected chi connectivity index (χ0v) is 10.8. The smallest absolute Gasteiger partial charge is 0.250 e. The Labute approximate surface area is 115 Å². The van der Waals surface area contributed by atoms with Gasteiger partial charge in [0.1, 0.15) is 5.76 Å². The molecule has 0 saturated heterocycles. The summed E-state index contributed by atoms with van der Waals surface area (Å²) in [6, 6.07) is 3.44. The van der Waals surface area contributed by atoms with Crippen LogP contribution in [0, 0.1) is 5.92 Å². The van der Waals surface area contributed by atoms with E-state index in [0.717, 1.165) is 12.8 Å².